The number of allylic oxidation sites excluding steroid dienone is 1. The zero-order valence-corrected chi connectivity index (χ0v) is 6.67. The van der Waals surface area contributed by atoms with Crippen LogP contribution in [0.25, 0.3) is 0 Å². The summed E-state index contributed by atoms with van der Waals surface area (Å²) in [6.45, 7) is 2.41. The Bertz CT molecular complexity index is 281. The monoisotopic (exact) mass is 167 g/mol. The number of aromatic nitrogens is 3. The Labute approximate surface area is 69.6 Å². The van der Waals surface area contributed by atoms with E-state index in [1.54, 1.807) is 17.3 Å². The first kappa shape index (κ1) is 7.15. The highest BCUT2D eigenvalue weighted by Gasteiger charge is 2.16. The lowest BCUT2D eigenvalue weighted by Crippen LogP contribution is -2.17. The third-order valence-electron chi connectivity index (χ3n) is 1.51. The molecule has 0 aromatic carbocycles. The molecular formula is C7H9N3O2. The number of rotatable bonds is 2. The van der Waals surface area contributed by atoms with Crippen LogP contribution in [0.3, 0.4) is 0 Å². The lowest BCUT2D eigenvalue weighted by Gasteiger charge is -2.09. The van der Waals surface area contributed by atoms with Crippen LogP contribution in [-0.2, 0) is 16.0 Å². The van der Waals surface area contributed by atoms with E-state index in [-0.39, 0.29) is 6.29 Å². The molecule has 0 aliphatic carbocycles. The summed E-state index contributed by atoms with van der Waals surface area (Å²) in [7, 11) is 0. The van der Waals surface area contributed by atoms with Gasteiger partial charge in [-0.25, -0.2) is 9.67 Å². The van der Waals surface area contributed by atoms with Crippen molar-refractivity contribution in [2.75, 3.05) is 0 Å². The molecule has 1 aliphatic heterocycles. The van der Waals surface area contributed by atoms with Crippen molar-refractivity contribution in [2.45, 2.75) is 19.8 Å². The molecule has 0 N–H and O–H groups in total. The van der Waals surface area contributed by atoms with Gasteiger partial charge in [-0.3, -0.25) is 0 Å². The van der Waals surface area contributed by atoms with E-state index in [1.807, 2.05) is 6.92 Å². The molecule has 64 valence electrons. The number of hydrogen-bond donors (Lipinski definition) is 0. The second-order valence-electron chi connectivity index (χ2n) is 2.53. The molecule has 2 heterocycles. The summed E-state index contributed by atoms with van der Waals surface area (Å²) in [5, 5.41) is 3.93. The highest BCUT2D eigenvalue weighted by molar-refractivity contribution is 4.86. The van der Waals surface area contributed by atoms with Crippen molar-refractivity contribution >= 4 is 0 Å². The summed E-state index contributed by atoms with van der Waals surface area (Å²) in [5.74, 6) is 0.792. The molecule has 0 fully saturated rings. The summed E-state index contributed by atoms with van der Waals surface area (Å²) in [6, 6.07) is 0. The first-order valence-corrected chi connectivity index (χ1v) is 3.66. The van der Waals surface area contributed by atoms with Gasteiger partial charge in [0.1, 0.15) is 31.2 Å². The predicted molar refractivity (Wildman–Crippen MR) is 39.7 cm³/mol. The molecule has 1 aromatic heterocycles. The maximum atomic E-state index is 5.28. The molecule has 0 radical (unpaired) electrons. The summed E-state index contributed by atoms with van der Waals surface area (Å²) in [6.07, 6.45) is 4.45. The van der Waals surface area contributed by atoms with Gasteiger partial charge in [0.05, 0.1) is 0 Å². The van der Waals surface area contributed by atoms with Crippen LogP contribution in [0.5, 0.6) is 0 Å². The average molecular weight is 167 g/mol. The maximum Gasteiger partial charge on any atom is 0.259 e. The Hall–Kier alpha value is -1.52. The second-order valence-corrected chi connectivity index (χ2v) is 2.53. The Balaban J connectivity index is 1.90. The highest BCUT2D eigenvalue weighted by Crippen LogP contribution is 2.13. The normalized spacial score (nSPS) is 21.4. The molecule has 2 rings (SSSR count). The van der Waals surface area contributed by atoms with Crippen molar-refractivity contribution in [1.82, 2.24) is 14.8 Å². The van der Waals surface area contributed by atoms with E-state index in [0.717, 1.165) is 5.76 Å². The third-order valence-corrected chi connectivity index (χ3v) is 1.51. The van der Waals surface area contributed by atoms with Crippen LogP contribution in [0.1, 0.15) is 6.92 Å². The molecule has 1 aromatic rings. The van der Waals surface area contributed by atoms with Gasteiger partial charge in [-0.15, -0.1) is 0 Å². The first-order chi connectivity index (χ1) is 5.84. The minimum atomic E-state index is -0.258. The van der Waals surface area contributed by atoms with E-state index in [9.17, 15) is 0 Å². The van der Waals surface area contributed by atoms with Crippen LogP contribution in [0.4, 0.5) is 0 Å². The van der Waals surface area contributed by atoms with Crippen LogP contribution in [-0.4, -0.2) is 21.1 Å². The van der Waals surface area contributed by atoms with Crippen molar-refractivity contribution in [1.29, 1.82) is 0 Å². The summed E-state index contributed by atoms with van der Waals surface area (Å²) in [5.41, 5.74) is 0. The Morgan fingerprint density at radius 2 is 2.58 bits per heavy atom. The molecular weight excluding hydrogens is 158 g/mol. The van der Waals surface area contributed by atoms with Crippen LogP contribution < -0.4 is 0 Å². The van der Waals surface area contributed by atoms with Crippen molar-refractivity contribution in [3.05, 3.63) is 24.7 Å². The van der Waals surface area contributed by atoms with Gasteiger partial charge in [0.2, 0.25) is 0 Å². The van der Waals surface area contributed by atoms with E-state index in [4.69, 9.17) is 9.47 Å². The van der Waals surface area contributed by atoms with Crippen molar-refractivity contribution in [2.24, 2.45) is 0 Å². The first-order valence-electron chi connectivity index (χ1n) is 3.66. The fourth-order valence-electron chi connectivity index (χ4n) is 0.995. The van der Waals surface area contributed by atoms with Crippen molar-refractivity contribution < 1.29 is 9.47 Å². The molecule has 1 atom stereocenters. The molecule has 1 unspecified atom stereocenters. The Morgan fingerprint density at radius 1 is 1.67 bits per heavy atom. The maximum absolute atomic E-state index is 5.28. The van der Waals surface area contributed by atoms with Gasteiger partial charge in [-0.05, 0) is 6.92 Å². The molecule has 5 nitrogen and oxygen atoms in total. The van der Waals surface area contributed by atoms with Gasteiger partial charge in [0.25, 0.3) is 6.29 Å². The minimum absolute atomic E-state index is 0.258. The second kappa shape index (κ2) is 2.84. The minimum Gasteiger partial charge on any atom is -0.457 e. The van der Waals surface area contributed by atoms with Crippen LogP contribution in [0, 0.1) is 0 Å². The molecule has 0 saturated carbocycles. The summed E-state index contributed by atoms with van der Waals surface area (Å²) in [4.78, 5) is 3.81. The zero-order valence-electron chi connectivity index (χ0n) is 6.67. The largest absolute Gasteiger partial charge is 0.457 e. The molecule has 0 spiro atoms. The smallest absolute Gasteiger partial charge is 0.259 e. The Morgan fingerprint density at radius 3 is 3.17 bits per heavy atom. The van der Waals surface area contributed by atoms with Gasteiger partial charge in [-0.1, -0.05) is 0 Å². The molecule has 1 aliphatic rings. The van der Waals surface area contributed by atoms with Gasteiger partial charge in [0, 0.05) is 0 Å². The van der Waals surface area contributed by atoms with Crippen molar-refractivity contribution in [3.63, 3.8) is 0 Å². The Kier molecular flexibility index (Phi) is 1.69. The van der Waals surface area contributed by atoms with E-state index in [0.29, 0.717) is 6.54 Å². The van der Waals surface area contributed by atoms with E-state index in [2.05, 4.69) is 10.1 Å². The molecule has 0 saturated heterocycles. The van der Waals surface area contributed by atoms with Gasteiger partial charge in [0.15, 0.2) is 0 Å². The van der Waals surface area contributed by atoms with E-state index < -0.39 is 0 Å². The topological polar surface area (TPSA) is 49.2 Å². The van der Waals surface area contributed by atoms with E-state index >= 15 is 0 Å². The number of hydrogen-bond acceptors (Lipinski definition) is 4. The van der Waals surface area contributed by atoms with Crippen LogP contribution in [0.2, 0.25) is 0 Å². The van der Waals surface area contributed by atoms with Gasteiger partial charge in [-0.2, -0.15) is 5.10 Å². The van der Waals surface area contributed by atoms with Crippen molar-refractivity contribution in [3.8, 4) is 0 Å². The number of nitrogens with zero attached hydrogens (tertiary/aromatic N) is 3. The van der Waals surface area contributed by atoms with Crippen LogP contribution >= 0.6 is 0 Å². The molecule has 0 bridgehead atoms. The summed E-state index contributed by atoms with van der Waals surface area (Å²) < 4.78 is 12.1. The van der Waals surface area contributed by atoms with Crippen LogP contribution in [0.15, 0.2) is 24.7 Å². The fourth-order valence-corrected chi connectivity index (χ4v) is 0.995. The fraction of sp³-hybridized carbons (Fsp3) is 0.429. The summed E-state index contributed by atoms with van der Waals surface area (Å²) >= 11 is 0. The lowest BCUT2D eigenvalue weighted by atomic mass is 10.6. The van der Waals surface area contributed by atoms with E-state index in [1.165, 1.54) is 6.33 Å². The quantitative estimate of drug-likeness (QED) is 0.644. The lowest BCUT2D eigenvalue weighted by molar-refractivity contribution is -0.0444. The standard InChI is InChI=1S/C7H9N3O2/c1-6-3-11-7(12-6)2-10-5-8-4-9-10/h3-5,7H,2H2,1H3. The molecule has 12 heavy (non-hydrogen) atoms. The van der Waals surface area contributed by atoms with Gasteiger partial charge >= 0.3 is 0 Å². The third kappa shape index (κ3) is 1.39. The van der Waals surface area contributed by atoms with Gasteiger partial charge < -0.3 is 9.47 Å². The molecule has 0 amide bonds. The predicted octanol–water partition coefficient (Wildman–Crippen LogP) is 0.512. The zero-order chi connectivity index (χ0) is 8.39. The average Bonchev–Trinajstić information content (AvgIpc) is 2.63. The SMILES string of the molecule is CC1=COC(Cn2cncn2)O1. The molecule has 5 heteroatoms. The highest BCUT2D eigenvalue weighted by atomic mass is 16.7. The number of ether oxygens (including phenoxy) is 2.